The third-order valence-electron chi connectivity index (χ3n) is 4.91. The molecule has 0 bridgehead atoms. The van der Waals surface area contributed by atoms with Crippen LogP contribution in [-0.2, 0) is 0 Å². The Bertz CT molecular complexity index is 528. The summed E-state index contributed by atoms with van der Waals surface area (Å²) < 4.78 is 14.1. The van der Waals surface area contributed by atoms with Crippen molar-refractivity contribution >= 4 is 21.8 Å². The van der Waals surface area contributed by atoms with Gasteiger partial charge in [0.15, 0.2) is 0 Å². The maximum Gasteiger partial charge on any atom is 0.255 e. The maximum absolute atomic E-state index is 13.5. The normalized spacial score (nSPS) is 23.5. The molecule has 4 heteroatoms. The van der Waals surface area contributed by atoms with Crippen molar-refractivity contribution < 1.29 is 9.18 Å². The molecule has 21 heavy (non-hydrogen) atoms. The quantitative estimate of drug-likeness (QED) is 0.749. The van der Waals surface area contributed by atoms with E-state index >= 15 is 0 Å². The summed E-state index contributed by atoms with van der Waals surface area (Å²) in [7, 11) is 0. The Hall–Kier alpha value is -0.900. The van der Waals surface area contributed by atoms with Gasteiger partial charge in [-0.15, -0.1) is 0 Å². The van der Waals surface area contributed by atoms with Crippen LogP contribution >= 0.6 is 15.9 Å². The number of hydrogen-bond donors (Lipinski definition) is 0. The fraction of sp³-hybridized carbons (Fsp3) is 0.588. The minimum absolute atomic E-state index is 0.0190. The zero-order chi connectivity index (χ0) is 14.8. The molecule has 0 radical (unpaired) electrons. The predicted molar refractivity (Wildman–Crippen MR) is 84.7 cm³/mol. The fourth-order valence-electron chi connectivity index (χ4n) is 3.87. The van der Waals surface area contributed by atoms with Crippen molar-refractivity contribution in [2.45, 2.75) is 51.0 Å². The molecule has 0 spiro atoms. The molecule has 3 rings (SSSR count). The lowest BCUT2D eigenvalue weighted by molar-refractivity contribution is 0.0660. The van der Waals surface area contributed by atoms with Crippen molar-refractivity contribution in [2.24, 2.45) is 5.92 Å². The number of carbonyl (C=O) groups is 1. The molecule has 114 valence electrons. The van der Waals surface area contributed by atoms with Crippen molar-refractivity contribution in [1.82, 2.24) is 4.90 Å². The van der Waals surface area contributed by atoms with Crippen LogP contribution in [0.3, 0.4) is 0 Å². The van der Waals surface area contributed by atoms with Crippen molar-refractivity contribution in [2.75, 3.05) is 6.54 Å². The van der Waals surface area contributed by atoms with E-state index in [9.17, 15) is 9.18 Å². The molecule has 1 atom stereocenters. The van der Waals surface area contributed by atoms with Crippen LogP contribution in [0.4, 0.5) is 4.39 Å². The SMILES string of the molecule is O=C(c1cc(F)ccc1Br)N1CCCC1C1CCCCC1. The second-order valence-electron chi connectivity index (χ2n) is 6.23. The summed E-state index contributed by atoms with van der Waals surface area (Å²) in [4.78, 5) is 14.8. The van der Waals surface area contributed by atoms with E-state index in [1.54, 1.807) is 6.07 Å². The fourth-order valence-corrected chi connectivity index (χ4v) is 4.29. The van der Waals surface area contributed by atoms with E-state index in [1.807, 2.05) is 4.90 Å². The van der Waals surface area contributed by atoms with E-state index in [4.69, 9.17) is 0 Å². The van der Waals surface area contributed by atoms with Gasteiger partial charge in [0.1, 0.15) is 5.82 Å². The van der Waals surface area contributed by atoms with Crippen molar-refractivity contribution in [3.63, 3.8) is 0 Å². The summed E-state index contributed by atoms with van der Waals surface area (Å²) in [5.74, 6) is 0.266. The standard InChI is InChI=1S/C17H21BrFNO/c18-15-9-8-13(19)11-14(15)17(21)20-10-4-7-16(20)12-5-2-1-3-6-12/h8-9,11-12,16H,1-7,10H2. The molecule has 2 nitrogen and oxygen atoms in total. The number of rotatable bonds is 2. The van der Waals surface area contributed by atoms with E-state index in [2.05, 4.69) is 15.9 Å². The first-order valence-corrected chi connectivity index (χ1v) is 8.72. The maximum atomic E-state index is 13.5. The van der Waals surface area contributed by atoms with E-state index in [1.165, 1.54) is 44.2 Å². The molecule has 1 saturated carbocycles. The summed E-state index contributed by atoms with van der Waals surface area (Å²) in [5, 5.41) is 0. The molecule has 1 amide bonds. The first-order valence-electron chi connectivity index (χ1n) is 7.93. The molecule has 2 aliphatic rings. The molecule has 1 aromatic rings. The monoisotopic (exact) mass is 353 g/mol. The van der Waals surface area contributed by atoms with Crippen molar-refractivity contribution in [3.05, 3.63) is 34.1 Å². The minimum atomic E-state index is -0.352. The van der Waals surface area contributed by atoms with Gasteiger partial charge in [0, 0.05) is 17.1 Å². The van der Waals surface area contributed by atoms with Gasteiger partial charge in [-0.2, -0.15) is 0 Å². The number of halogens is 2. The smallest absolute Gasteiger partial charge is 0.255 e. The van der Waals surface area contributed by atoms with Gasteiger partial charge in [-0.25, -0.2) is 4.39 Å². The van der Waals surface area contributed by atoms with Crippen LogP contribution in [0.15, 0.2) is 22.7 Å². The Kier molecular flexibility index (Phi) is 4.63. The molecule has 1 saturated heterocycles. The summed E-state index contributed by atoms with van der Waals surface area (Å²) in [6.45, 7) is 0.808. The molecule has 1 unspecified atom stereocenters. The van der Waals surface area contributed by atoms with Crippen LogP contribution in [0.2, 0.25) is 0 Å². The third-order valence-corrected chi connectivity index (χ3v) is 5.60. The minimum Gasteiger partial charge on any atom is -0.335 e. The Morgan fingerprint density at radius 1 is 1.14 bits per heavy atom. The molecular formula is C17H21BrFNO. The summed E-state index contributed by atoms with van der Waals surface area (Å²) in [6, 6.07) is 4.70. The van der Waals surface area contributed by atoms with Crippen LogP contribution < -0.4 is 0 Å². The number of likely N-dealkylation sites (tertiary alicyclic amines) is 1. The lowest BCUT2D eigenvalue weighted by Crippen LogP contribution is -2.41. The first-order chi connectivity index (χ1) is 10.2. The number of carbonyl (C=O) groups excluding carboxylic acids is 1. The highest BCUT2D eigenvalue weighted by Crippen LogP contribution is 2.35. The van der Waals surface area contributed by atoms with Gasteiger partial charge in [0.05, 0.1) is 5.56 Å². The number of amides is 1. The van der Waals surface area contributed by atoms with E-state index in [0.717, 1.165) is 19.4 Å². The van der Waals surface area contributed by atoms with Gasteiger partial charge >= 0.3 is 0 Å². The van der Waals surface area contributed by atoms with Gasteiger partial charge in [-0.3, -0.25) is 4.79 Å². The number of hydrogen-bond acceptors (Lipinski definition) is 1. The van der Waals surface area contributed by atoms with Gasteiger partial charge in [0.2, 0.25) is 0 Å². The number of nitrogens with zero attached hydrogens (tertiary/aromatic N) is 1. The molecule has 1 aliphatic carbocycles. The lowest BCUT2D eigenvalue weighted by atomic mass is 9.83. The van der Waals surface area contributed by atoms with Gasteiger partial charge in [-0.1, -0.05) is 19.3 Å². The Balaban J connectivity index is 1.80. The summed E-state index contributed by atoms with van der Waals surface area (Å²) in [5.41, 5.74) is 0.456. The molecule has 2 fully saturated rings. The van der Waals surface area contributed by atoms with Crippen LogP contribution in [0.1, 0.15) is 55.3 Å². The van der Waals surface area contributed by atoms with Crippen LogP contribution in [0.25, 0.3) is 0 Å². The average Bonchev–Trinajstić information content (AvgIpc) is 2.99. The average molecular weight is 354 g/mol. The van der Waals surface area contributed by atoms with Crippen molar-refractivity contribution in [1.29, 1.82) is 0 Å². The predicted octanol–water partition coefficient (Wildman–Crippen LogP) is 4.77. The highest BCUT2D eigenvalue weighted by molar-refractivity contribution is 9.10. The molecular weight excluding hydrogens is 333 g/mol. The molecule has 0 N–H and O–H groups in total. The third kappa shape index (κ3) is 3.15. The second kappa shape index (κ2) is 6.47. The highest BCUT2D eigenvalue weighted by atomic mass is 79.9. The van der Waals surface area contributed by atoms with Gasteiger partial charge in [-0.05, 0) is 65.7 Å². The first kappa shape index (κ1) is 15.0. The number of benzene rings is 1. The topological polar surface area (TPSA) is 20.3 Å². The Labute approximate surface area is 133 Å². The molecule has 1 heterocycles. The van der Waals surface area contributed by atoms with Gasteiger partial charge in [0.25, 0.3) is 5.91 Å². The zero-order valence-corrected chi connectivity index (χ0v) is 13.7. The molecule has 1 aromatic carbocycles. The van der Waals surface area contributed by atoms with E-state index < -0.39 is 0 Å². The summed E-state index contributed by atoms with van der Waals surface area (Å²) in [6.07, 6.45) is 8.53. The second-order valence-corrected chi connectivity index (χ2v) is 7.08. The largest absolute Gasteiger partial charge is 0.335 e. The van der Waals surface area contributed by atoms with Crippen LogP contribution in [0.5, 0.6) is 0 Å². The molecule has 1 aliphatic heterocycles. The lowest BCUT2D eigenvalue weighted by Gasteiger charge is -2.34. The molecule has 0 aromatic heterocycles. The van der Waals surface area contributed by atoms with E-state index in [-0.39, 0.29) is 11.7 Å². The summed E-state index contributed by atoms with van der Waals surface area (Å²) >= 11 is 3.38. The zero-order valence-electron chi connectivity index (χ0n) is 12.2. The highest BCUT2D eigenvalue weighted by Gasteiger charge is 2.36. The van der Waals surface area contributed by atoms with Crippen molar-refractivity contribution in [3.8, 4) is 0 Å². The Morgan fingerprint density at radius 3 is 2.67 bits per heavy atom. The van der Waals surface area contributed by atoms with Crippen LogP contribution in [0, 0.1) is 11.7 Å². The van der Waals surface area contributed by atoms with E-state index in [0.29, 0.717) is 22.0 Å². The Morgan fingerprint density at radius 2 is 1.90 bits per heavy atom. The van der Waals surface area contributed by atoms with Gasteiger partial charge < -0.3 is 4.90 Å². The van der Waals surface area contributed by atoms with Crippen LogP contribution in [-0.4, -0.2) is 23.4 Å².